The highest BCUT2D eigenvalue weighted by Gasteiger charge is 2.32. The van der Waals surface area contributed by atoms with Gasteiger partial charge in [0.25, 0.3) is 0 Å². The Morgan fingerprint density at radius 1 is 0.958 bits per heavy atom. The summed E-state index contributed by atoms with van der Waals surface area (Å²) in [4.78, 5) is 0. The molecule has 0 amide bonds. The van der Waals surface area contributed by atoms with Gasteiger partial charge in [-0.1, -0.05) is 59.3 Å². The molecule has 0 atom stereocenters. The zero-order valence-corrected chi connectivity index (χ0v) is 13.2. The highest BCUT2D eigenvalue weighted by molar-refractivity contribution is 6.30. The van der Waals surface area contributed by atoms with Gasteiger partial charge in [-0.2, -0.15) is 13.2 Å². The molecule has 1 aromatic heterocycles. The lowest BCUT2D eigenvalue weighted by Gasteiger charge is -2.11. The molecule has 0 spiro atoms. The molecular formula is C17H13ClF3N3. The lowest BCUT2D eigenvalue weighted by atomic mass is 10.1. The number of rotatable bonds is 4. The Balaban J connectivity index is 2.01. The van der Waals surface area contributed by atoms with E-state index in [1.165, 1.54) is 4.68 Å². The van der Waals surface area contributed by atoms with Gasteiger partial charge >= 0.3 is 6.18 Å². The van der Waals surface area contributed by atoms with Gasteiger partial charge in [-0.15, -0.1) is 5.10 Å². The quantitative estimate of drug-likeness (QED) is 0.679. The molecule has 3 nitrogen and oxygen atoms in total. The third-order valence-corrected chi connectivity index (χ3v) is 3.75. The minimum absolute atomic E-state index is 0.0358. The summed E-state index contributed by atoms with van der Waals surface area (Å²) in [6.07, 6.45) is -5.44. The van der Waals surface area contributed by atoms with Gasteiger partial charge in [0.2, 0.25) is 0 Å². The van der Waals surface area contributed by atoms with Gasteiger partial charge < -0.3 is 0 Å². The fraction of sp³-hybridized carbons (Fsp3) is 0.176. The molecule has 0 saturated carbocycles. The van der Waals surface area contributed by atoms with Gasteiger partial charge in [-0.25, -0.2) is 4.68 Å². The number of alkyl halides is 3. The Labute approximate surface area is 141 Å². The van der Waals surface area contributed by atoms with E-state index >= 15 is 0 Å². The normalized spacial score (nSPS) is 11.7. The summed E-state index contributed by atoms with van der Waals surface area (Å²) in [5.41, 5.74) is 1.67. The number of halogens is 4. The van der Waals surface area contributed by atoms with Crippen molar-refractivity contribution in [2.75, 3.05) is 0 Å². The second kappa shape index (κ2) is 6.65. The van der Waals surface area contributed by atoms with Crippen LogP contribution in [-0.4, -0.2) is 21.2 Å². The van der Waals surface area contributed by atoms with Gasteiger partial charge in [0.15, 0.2) is 0 Å². The summed E-state index contributed by atoms with van der Waals surface area (Å²) >= 11 is 5.84. The first-order valence-corrected chi connectivity index (χ1v) is 7.59. The van der Waals surface area contributed by atoms with Crippen LogP contribution in [0, 0.1) is 0 Å². The molecule has 24 heavy (non-hydrogen) atoms. The molecule has 3 rings (SSSR count). The van der Waals surface area contributed by atoms with Crippen LogP contribution in [-0.2, 0) is 13.0 Å². The Kier molecular flexibility index (Phi) is 4.57. The second-order valence-corrected chi connectivity index (χ2v) is 5.76. The van der Waals surface area contributed by atoms with E-state index in [1.807, 2.05) is 30.3 Å². The minimum Gasteiger partial charge on any atom is -0.244 e. The zero-order chi connectivity index (χ0) is 17.2. The van der Waals surface area contributed by atoms with Crippen molar-refractivity contribution in [1.29, 1.82) is 0 Å². The molecule has 0 fully saturated rings. The molecule has 7 heteroatoms. The highest BCUT2D eigenvalue weighted by atomic mass is 35.5. The summed E-state index contributed by atoms with van der Waals surface area (Å²) in [5.74, 6) is 0. The van der Waals surface area contributed by atoms with Crippen LogP contribution < -0.4 is 0 Å². The number of hydrogen-bond donors (Lipinski definition) is 0. The Morgan fingerprint density at radius 2 is 1.62 bits per heavy atom. The first-order chi connectivity index (χ1) is 11.4. The fourth-order valence-electron chi connectivity index (χ4n) is 2.41. The van der Waals surface area contributed by atoms with Crippen LogP contribution in [0.25, 0.3) is 11.3 Å². The maximum Gasteiger partial charge on any atom is 0.394 e. The number of hydrogen-bond acceptors (Lipinski definition) is 2. The van der Waals surface area contributed by atoms with Crippen LogP contribution in [0.3, 0.4) is 0 Å². The van der Waals surface area contributed by atoms with Gasteiger partial charge in [0.05, 0.1) is 18.7 Å². The average Bonchev–Trinajstić information content (AvgIpc) is 2.90. The summed E-state index contributed by atoms with van der Waals surface area (Å²) in [6, 6.07) is 15.7. The van der Waals surface area contributed by atoms with E-state index in [0.717, 1.165) is 5.56 Å². The molecule has 0 saturated heterocycles. The van der Waals surface area contributed by atoms with Gasteiger partial charge in [-0.05, 0) is 17.7 Å². The molecule has 0 aliphatic heterocycles. The Hall–Kier alpha value is -2.34. The predicted molar refractivity (Wildman–Crippen MR) is 85.8 cm³/mol. The Bertz CT molecular complexity index is 811. The van der Waals surface area contributed by atoms with Crippen molar-refractivity contribution >= 4 is 11.6 Å². The topological polar surface area (TPSA) is 30.7 Å². The fourth-order valence-corrected chi connectivity index (χ4v) is 2.54. The van der Waals surface area contributed by atoms with E-state index in [2.05, 4.69) is 10.3 Å². The summed E-state index contributed by atoms with van der Waals surface area (Å²) in [6.45, 7) is 0.229. The molecule has 3 aromatic rings. The predicted octanol–water partition coefficient (Wildman–Crippen LogP) is 4.75. The third kappa shape index (κ3) is 3.94. The minimum atomic E-state index is -4.35. The van der Waals surface area contributed by atoms with Crippen LogP contribution in [0.4, 0.5) is 13.2 Å². The van der Waals surface area contributed by atoms with Crippen LogP contribution in [0.2, 0.25) is 5.02 Å². The van der Waals surface area contributed by atoms with Crippen molar-refractivity contribution in [3.8, 4) is 11.3 Å². The smallest absolute Gasteiger partial charge is 0.244 e. The monoisotopic (exact) mass is 351 g/mol. The standard InChI is InChI=1S/C17H13ClF3N3/c18-14-8-6-13(7-9-14)16-15(10-17(19,20)21)24(23-22-16)11-12-4-2-1-3-5-12/h1-9H,10-11H2. The molecule has 0 aliphatic carbocycles. The van der Waals surface area contributed by atoms with E-state index in [-0.39, 0.29) is 17.9 Å². The van der Waals surface area contributed by atoms with E-state index in [9.17, 15) is 13.2 Å². The largest absolute Gasteiger partial charge is 0.394 e. The van der Waals surface area contributed by atoms with Crippen LogP contribution in [0.15, 0.2) is 54.6 Å². The van der Waals surface area contributed by atoms with Crippen LogP contribution in [0.5, 0.6) is 0 Å². The average molecular weight is 352 g/mol. The zero-order valence-electron chi connectivity index (χ0n) is 12.5. The van der Waals surface area contributed by atoms with E-state index < -0.39 is 12.6 Å². The van der Waals surface area contributed by atoms with E-state index in [1.54, 1.807) is 24.3 Å². The number of benzene rings is 2. The van der Waals surface area contributed by atoms with Gasteiger partial charge in [-0.3, -0.25) is 0 Å². The number of nitrogens with zero attached hydrogens (tertiary/aromatic N) is 3. The van der Waals surface area contributed by atoms with Crippen LogP contribution >= 0.6 is 11.6 Å². The lowest BCUT2D eigenvalue weighted by Crippen LogP contribution is -2.17. The number of aromatic nitrogens is 3. The van der Waals surface area contributed by atoms with Crippen LogP contribution in [0.1, 0.15) is 11.3 Å². The molecule has 0 aliphatic rings. The van der Waals surface area contributed by atoms with E-state index in [0.29, 0.717) is 10.6 Å². The third-order valence-electron chi connectivity index (χ3n) is 3.50. The molecule has 2 aromatic carbocycles. The van der Waals surface area contributed by atoms with Crippen molar-refractivity contribution < 1.29 is 13.2 Å². The second-order valence-electron chi connectivity index (χ2n) is 5.33. The SMILES string of the molecule is FC(F)(F)Cc1c(-c2ccc(Cl)cc2)nnn1Cc1ccccc1. The summed E-state index contributed by atoms with van der Waals surface area (Å²) in [5, 5.41) is 8.40. The maximum atomic E-state index is 13.0. The molecule has 1 heterocycles. The van der Waals surface area contributed by atoms with Gasteiger partial charge in [0.1, 0.15) is 5.69 Å². The highest BCUT2D eigenvalue weighted by Crippen LogP contribution is 2.29. The molecule has 0 radical (unpaired) electrons. The van der Waals surface area contributed by atoms with Crippen molar-refractivity contribution in [3.05, 3.63) is 70.9 Å². The molecular weight excluding hydrogens is 339 g/mol. The van der Waals surface area contributed by atoms with Crippen molar-refractivity contribution in [2.24, 2.45) is 0 Å². The summed E-state index contributed by atoms with van der Waals surface area (Å²) in [7, 11) is 0. The van der Waals surface area contributed by atoms with Gasteiger partial charge in [0, 0.05) is 10.6 Å². The van der Waals surface area contributed by atoms with Crippen molar-refractivity contribution in [2.45, 2.75) is 19.1 Å². The molecule has 0 unspecified atom stereocenters. The maximum absolute atomic E-state index is 13.0. The first-order valence-electron chi connectivity index (χ1n) is 7.21. The van der Waals surface area contributed by atoms with E-state index in [4.69, 9.17) is 11.6 Å². The first kappa shape index (κ1) is 16.5. The lowest BCUT2D eigenvalue weighted by molar-refractivity contribution is -0.128. The summed E-state index contributed by atoms with van der Waals surface area (Å²) < 4.78 is 40.3. The van der Waals surface area contributed by atoms with Crippen molar-refractivity contribution in [3.63, 3.8) is 0 Å². The van der Waals surface area contributed by atoms with Crippen molar-refractivity contribution in [1.82, 2.24) is 15.0 Å². The molecule has 124 valence electrons. The molecule has 0 N–H and O–H groups in total. The molecule has 0 bridgehead atoms. The Morgan fingerprint density at radius 3 is 2.25 bits per heavy atom.